The van der Waals surface area contributed by atoms with Gasteiger partial charge in [-0.2, -0.15) is 0 Å². The second-order valence-electron chi connectivity index (χ2n) is 4.78. The highest BCUT2D eigenvalue weighted by Crippen LogP contribution is 2.32. The van der Waals surface area contributed by atoms with Crippen molar-refractivity contribution < 1.29 is 14.7 Å². The fraction of sp³-hybridized carbons (Fsp3) is 0.429. The summed E-state index contributed by atoms with van der Waals surface area (Å²) in [4.78, 5) is 22.6. The fourth-order valence-corrected chi connectivity index (χ4v) is 1.95. The Morgan fingerprint density at radius 2 is 1.94 bits per heavy atom. The largest absolute Gasteiger partial charge is 0.481 e. The van der Waals surface area contributed by atoms with Crippen LogP contribution in [0.25, 0.3) is 0 Å². The van der Waals surface area contributed by atoms with Gasteiger partial charge in [0.05, 0.1) is 12.5 Å². The summed E-state index contributed by atoms with van der Waals surface area (Å²) in [5.41, 5.74) is 0.837. The maximum absolute atomic E-state index is 11.8. The lowest BCUT2D eigenvalue weighted by molar-refractivity contribution is -0.137. The van der Waals surface area contributed by atoms with E-state index in [-0.39, 0.29) is 12.3 Å². The van der Waals surface area contributed by atoms with Crippen molar-refractivity contribution in [2.24, 2.45) is 5.92 Å². The molecule has 96 valence electrons. The van der Waals surface area contributed by atoms with E-state index in [9.17, 15) is 9.59 Å². The Bertz CT molecular complexity index is 426. The van der Waals surface area contributed by atoms with Gasteiger partial charge in [-0.1, -0.05) is 30.3 Å². The lowest BCUT2D eigenvalue weighted by Crippen LogP contribution is -2.30. The van der Waals surface area contributed by atoms with Crippen LogP contribution in [0.3, 0.4) is 0 Å². The Hall–Kier alpha value is -1.84. The topological polar surface area (TPSA) is 66.4 Å². The molecule has 0 radical (unpaired) electrons. The molecule has 0 aliphatic heterocycles. The molecule has 1 aliphatic rings. The van der Waals surface area contributed by atoms with Crippen LogP contribution in [0.4, 0.5) is 0 Å². The molecule has 1 fully saturated rings. The molecule has 0 bridgehead atoms. The second-order valence-corrected chi connectivity index (χ2v) is 4.78. The van der Waals surface area contributed by atoms with E-state index in [0.29, 0.717) is 12.3 Å². The minimum atomic E-state index is -0.907. The first-order valence-corrected chi connectivity index (χ1v) is 6.21. The molecule has 2 rings (SSSR count). The zero-order valence-electron chi connectivity index (χ0n) is 10.1. The Kier molecular flexibility index (Phi) is 3.97. The third-order valence-electron chi connectivity index (χ3n) is 3.09. The van der Waals surface area contributed by atoms with Crippen LogP contribution in [0.15, 0.2) is 30.3 Å². The molecular weight excluding hydrogens is 230 g/mol. The van der Waals surface area contributed by atoms with Crippen molar-refractivity contribution in [3.8, 4) is 0 Å². The lowest BCUT2D eigenvalue weighted by Gasteiger charge is -2.17. The van der Waals surface area contributed by atoms with E-state index in [2.05, 4.69) is 5.32 Å². The zero-order valence-corrected chi connectivity index (χ0v) is 10.1. The maximum Gasteiger partial charge on any atom is 0.305 e. The summed E-state index contributed by atoms with van der Waals surface area (Å²) >= 11 is 0. The predicted molar refractivity (Wildman–Crippen MR) is 66.9 cm³/mol. The van der Waals surface area contributed by atoms with Crippen LogP contribution in [0.2, 0.25) is 0 Å². The minimum absolute atomic E-state index is 0.0485. The van der Waals surface area contributed by atoms with Crippen LogP contribution in [0, 0.1) is 5.92 Å². The van der Waals surface area contributed by atoms with Gasteiger partial charge in [0.2, 0.25) is 5.91 Å². The molecule has 1 aliphatic carbocycles. The summed E-state index contributed by atoms with van der Waals surface area (Å²) < 4.78 is 0. The van der Waals surface area contributed by atoms with Gasteiger partial charge in [-0.15, -0.1) is 0 Å². The van der Waals surface area contributed by atoms with E-state index in [1.54, 1.807) is 0 Å². The highest BCUT2D eigenvalue weighted by molar-refractivity contribution is 5.78. The molecule has 1 atom stereocenters. The maximum atomic E-state index is 11.8. The van der Waals surface area contributed by atoms with Gasteiger partial charge in [0.1, 0.15) is 0 Å². The number of carboxylic acid groups (broad SMARTS) is 1. The Balaban J connectivity index is 1.99. The van der Waals surface area contributed by atoms with Gasteiger partial charge >= 0.3 is 5.97 Å². The van der Waals surface area contributed by atoms with Crippen molar-refractivity contribution in [3.05, 3.63) is 35.9 Å². The van der Waals surface area contributed by atoms with Crippen LogP contribution in [0.5, 0.6) is 0 Å². The monoisotopic (exact) mass is 247 g/mol. The van der Waals surface area contributed by atoms with E-state index in [0.717, 1.165) is 18.4 Å². The number of carboxylic acids is 1. The van der Waals surface area contributed by atoms with Gasteiger partial charge in [-0.05, 0) is 24.3 Å². The first-order chi connectivity index (χ1) is 8.65. The van der Waals surface area contributed by atoms with Crippen LogP contribution in [-0.2, 0) is 9.59 Å². The Morgan fingerprint density at radius 3 is 2.50 bits per heavy atom. The summed E-state index contributed by atoms with van der Waals surface area (Å²) in [6, 6.07) is 8.80. The molecule has 0 saturated heterocycles. The van der Waals surface area contributed by atoms with E-state index in [1.807, 2.05) is 30.3 Å². The van der Waals surface area contributed by atoms with Crippen molar-refractivity contribution in [3.63, 3.8) is 0 Å². The normalized spacial score (nSPS) is 16.0. The molecular formula is C14H17NO3. The van der Waals surface area contributed by atoms with Gasteiger partial charge in [-0.3, -0.25) is 9.59 Å². The van der Waals surface area contributed by atoms with Crippen LogP contribution >= 0.6 is 0 Å². The van der Waals surface area contributed by atoms with Crippen molar-refractivity contribution in [1.29, 1.82) is 0 Å². The number of carbonyl (C=O) groups is 2. The van der Waals surface area contributed by atoms with Gasteiger partial charge in [-0.25, -0.2) is 0 Å². The number of hydrogen-bond donors (Lipinski definition) is 2. The fourth-order valence-electron chi connectivity index (χ4n) is 1.95. The number of hydrogen-bond acceptors (Lipinski definition) is 2. The number of carbonyl (C=O) groups excluding carboxylic acids is 1. The molecule has 0 heterocycles. The molecule has 1 unspecified atom stereocenters. The van der Waals surface area contributed by atoms with Crippen LogP contribution in [0.1, 0.15) is 37.3 Å². The van der Waals surface area contributed by atoms with E-state index in [1.165, 1.54) is 0 Å². The van der Waals surface area contributed by atoms with Gasteiger partial charge < -0.3 is 10.4 Å². The highest BCUT2D eigenvalue weighted by atomic mass is 16.4. The Morgan fingerprint density at radius 1 is 1.28 bits per heavy atom. The van der Waals surface area contributed by atoms with Crippen molar-refractivity contribution in [2.45, 2.75) is 31.7 Å². The van der Waals surface area contributed by atoms with E-state index < -0.39 is 12.0 Å². The molecule has 0 spiro atoms. The van der Waals surface area contributed by atoms with Gasteiger partial charge in [0.15, 0.2) is 0 Å². The number of rotatable bonds is 6. The molecule has 1 aromatic rings. The lowest BCUT2D eigenvalue weighted by atomic mass is 10.0. The summed E-state index contributed by atoms with van der Waals surface area (Å²) in [7, 11) is 0. The predicted octanol–water partition coefficient (Wildman–Crippen LogP) is 2.12. The molecule has 2 N–H and O–H groups in total. The zero-order chi connectivity index (χ0) is 13.0. The van der Waals surface area contributed by atoms with Crippen LogP contribution < -0.4 is 5.32 Å². The molecule has 1 aromatic carbocycles. The molecule has 4 nitrogen and oxygen atoms in total. The van der Waals surface area contributed by atoms with Crippen LogP contribution in [-0.4, -0.2) is 17.0 Å². The summed E-state index contributed by atoms with van der Waals surface area (Å²) in [6.45, 7) is 0. The summed E-state index contributed by atoms with van der Waals surface area (Å²) in [6.07, 6.45) is 2.66. The average molecular weight is 247 g/mol. The van der Waals surface area contributed by atoms with E-state index in [4.69, 9.17) is 5.11 Å². The molecule has 18 heavy (non-hydrogen) atoms. The molecule has 1 saturated carbocycles. The van der Waals surface area contributed by atoms with Crippen molar-refractivity contribution in [1.82, 2.24) is 5.32 Å². The molecule has 1 amide bonds. The first-order valence-electron chi connectivity index (χ1n) is 6.21. The minimum Gasteiger partial charge on any atom is -0.481 e. The smallest absolute Gasteiger partial charge is 0.305 e. The number of benzene rings is 1. The quantitative estimate of drug-likeness (QED) is 0.809. The SMILES string of the molecule is O=C(O)CC(NC(=O)CC1CC1)c1ccccc1. The van der Waals surface area contributed by atoms with Gasteiger partial charge in [0.25, 0.3) is 0 Å². The van der Waals surface area contributed by atoms with Crippen molar-refractivity contribution >= 4 is 11.9 Å². The third-order valence-corrected chi connectivity index (χ3v) is 3.09. The second kappa shape index (κ2) is 5.67. The third kappa shape index (κ3) is 3.87. The average Bonchev–Trinajstić information content (AvgIpc) is 3.12. The summed E-state index contributed by atoms with van der Waals surface area (Å²) in [5, 5.41) is 11.7. The molecule has 4 heteroatoms. The number of aliphatic carboxylic acids is 1. The first kappa shape index (κ1) is 12.6. The number of amides is 1. The van der Waals surface area contributed by atoms with Crippen molar-refractivity contribution in [2.75, 3.05) is 0 Å². The Labute approximate surface area is 106 Å². The number of nitrogens with one attached hydrogen (secondary N) is 1. The van der Waals surface area contributed by atoms with E-state index >= 15 is 0 Å². The highest BCUT2D eigenvalue weighted by Gasteiger charge is 2.26. The summed E-state index contributed by atoms with van der Waals surface area (Å²) in [5.74, 6) is -0.450. The molecule has 0 aromatic heterocycles. The standard InChI is InChI=1S/C14H17NO3/c16-13(8-10-6-7-10)15-12(9-14(17)18)11-4-2-1-3-5-11/h1-5,10,12H,6-9H2,(H,15,16)(H,17,18). The van der Waals surface area contributed by atoms with Gasteiger partial charge in [0, 0.05) is 6.42 Å².